The molecular weight excluding hydrogens is 304 g/mol. The lowest BCUT2D eigenvalue weighted by Crippen LogP contribution is -2.44. The van der Waals surface area contributed by atoms with Crippen LogP contribution in [-0.4, -0.2) is 54.2 Å². The Morgan fingerprint density at radius 1 is 1.08 bits per heavy atom. The van der Waals surface area contributed by atoms with Crippen LogP contribution in [0, 0.1) is 11.3 Å². The molecule has 122 valence electrons. The van der Waals surface area contributed by atoms with Crippen LogP contribution in [0.5, 0.6) is 0 Å². The van der Waals surface area contributed by atoms with Crippen molar-refractivity contribution in [2.24, 2.45) is 0 Å². The summed E-state index contributed by atoms with van der Waals surface area (Å²) in [4.78, 5) is 16.6. The lowest BCUT2D eigenvalue weighted by atomic mass is 10.2. The molecule has 2 heterocycles. The summed E-state index contributed by atoms with van der Waals surface area (Å²) >= 11 is 0. The van der Waals surface area contributed by atoms with Gasteiger partial charge in [-0.2, -0.15) is 5.26 Å². The highest BCUT2D eigenvalue weighted by molar-refractivity contribution is 6.02. The number of nitrogens with one attached hydrogen (secondary N) is 1. The average Bonchev–Trinajstić information content (AvgIpc) is 2.63. The summed E-state index contributed by atoms with van der Waals surface area (Å²) in [6.45, 7) is 3.79. The summed E-state index contributed by atoms with van der Waals surface area (Å²) < 4.78 is 0. The number of hydrogen-bond acceptors (Lipinski definition) is 6. The minimum atomic E-state index is -0.322. The molecule has 7 heteroatoms. The topological polar surface area (TPSA) is 85.1 Å². The van der Waals surface area contributed by atoms with Crippen molar-refractivity contribution < 1.29 is 4.79 Å². The van der Waals surface area contributed by atoms with Crippen molar-refractivity contribution in [3.8, 4) is 6.07 Å². The van der Waals surface area contributed by atoms with Gasteiger partial charge in [0, 0.05) is 31.9 Å². The lowest BCUT2D eigenvalue weighted by molar-refractivity contribution is 0.102. The van der Waals surface area contributed by atoms with E-state index < -0.39 is 0 Å². The summed E-state index contributed by atoms with van der Waals surface area (Å²) in [5, 5.41) is 19.7. The molecule has 0 spiro atoms. The molecule has 1 saturated heterocycles. The van der Waals surface area contributed by atoms with E-state index in [1.54, 1.807) is 30.3 Å². The Bertz CT molecular complexity index is 742. The predicted octanol–water partition coefficient (Wildman–Crippen LogP) is 1.35. The fraction of sp³-hybridized carbons (Fsp3) is 0.294. The molecule has 3 rings (SSSR count). The minimum absolute atomic E-state index is 0.261. The number of anilines is 2. The van der Waals surface area contributed by atoms with E-state index in [9.17, 15) is 4.79 Å². The summed E-state index contributed by atoms with van der Waals surface area (Å²) in [6, 6.07) is 12.2. The average molecular weight is 322 g/mol. The van der Waals surface area contributed by atoms with Gasteiger partial charge >= 0.3 is 0 Å². The molecule has 0 saturated carbocycles. The highest BCUT2D eigenvalue weighted by Gasteiger charge is 2.16. The van der Waals surface area contributed by atoms with Crippen LogP contribution in [0.25, 0.3) is 0 Å². The van der Waals surface area contributed by atoms with Crippen molar-refractivity contribution in [3.63, 3.8) is 0 Å². The largest absolute Gasteiger partial charge is 0.353 e. The summed E-state index contributed by atoms with van der Waals surface area (Å²) in [7, 11) is 2.10. The van der Waals surface area contributed by atoms with Crippen LogP contribution in [0.4, 0.5) is 11.5 Å². The number of aromatic nitrogens is 2. The summed E-state index contributed by atoms with van der Waals surface area (Å²) in [5.41, 5.74) is 1.42. The molecule has 1 N–H and O–H groups in total. The maximum absolute atomic E-state index is 12.2. The van der Waals surface area contributed by atoms with Crippen LogP contribution in [0.3, 0.4) is 0 Å². The van der Waals surface area contributed by atoms with Crippen LogP contribution in [0.15, 0.2) is 36.4 Å². The van der Waals surface area contributed by atoms with Gasteiger partial charge in [-0.3, -0.25) is 4.79 Å². The second-order valence-electron chi connectivity index (χ2n) is 5.71. The molecule has 0 radical (unpaired) electrons. The van der Waals surface area contributed by atoms with Gasteiger partial charge in [0.25, 0.3) is 5.91 Å². The number of amides is 1. The van der Waals surface area contributed by atoms with Crippen LogP contribution < -0.4 is 10.2 Å². The molecule has 1 aliphatic rings. The molecule has 0 bridgehead atoms. The predicted molar refractivity (Wildman–Crippen MR) is 90.9 cm³/mol. The van der Waals surface area contributed by atoms with E-state index in [0.29, 0.717) is 11.3 Å². The SMILES string of the molecule is CN1CCN(c2ccc(C(=O)Nc3ccc(C#N)cc3)nn2)CC1. The number of nitriles is 1. The molecule has 0 atom stereocenters. The molecule has 24 heavy (non-hydrogen) atoms. The molecule has 2 aromatic rings. The Kier molecular flexibility index (Phi) is 4.68. The number of benzene rings is 1. The zero-order valence-corrected chi connectivity index (χ0v) is 13.4. The van der Waals surface area contributed by atoms with Gasteiger partial charge in [0.15, 0.2) is 11.5 Å². The maximum atomic E-state index is 12.2. The van der Waals surface area contributed by atoms with Crippen molar-refractivity contribution in [2.45, 2.75) is 0 Å². The maximum Gasteiger partial charge on any atom is 0.276 e. The van der Waals surface area contributed by atoms with E-state index in [2.05, 4.69) is 32.4 Å². The summed E-state index contributed by atoms with van der Waals surface area (Å²) in [5.74, 6) is 0.468. The molecular formula is C17H18N6O. The van der Waals surface area contributed by atoms with Crippen molar-refractivity contribution in [1.29, 1.82) is 5.26 Å². The number of nitrogens with zero attached hydrogens (tertiary/aromatic N) is 5. The number of piperazine rings is 1. The Morgan fingerprint density at radius 3 is 2.38 bits per heavy atom. The van der Waals surface area contributed by atoms with Crippen LogP contribution in [0.1, 0.15) is 16.1 Å². The van der Waals surface area contributed by atoms with Crippen molar-refractivity contribution in [2.75, 3.05) is 43.4 Å². The number of likely N-dealkylation sites (N-methyl/N-ethyl adjacent to an activating group) is 1. The van der Waals surface area contributed by atoms with Gasteiger partial charge in [-0.25, -0.2) is 0 Å². The Hall–Kier alpha value is -2.98. The van der Waals surface area contributed by atoms with Crippen molar-refractivity contribution in [1.82, 2.24) is 15.1 Å². The van der Waals surface area contributed by atoms with Gasteiger partial charge in [-0.15, -0.1) is 10.2 Å². The Labute approximate surface area is 140 Å². The highest BCUT2D eigenvalue weighted by atomic mass is 16.1. The number of carbonyl (C=O) groups is 1. The molecule has 7 nitrogen and oxygen atoms in total. The van der Waals surface area contributed by atoms with Gasteiger partial charge in [-0.1, -0.05) is 0 Å². The zero-order valence-electron chi connectivity index (χ0n) is 13.4. The Morgan fingerprint density at radius 2 is 1.79 bits per heavy atom. The molecule has 1 aromatic carbocycles. The van der Waals surface area contributed by atoms with E-state index in [1.165, 1.54) is 0 Å². The monoisotopic (exact) mass is 322 g/mol. The number of carbonyl (C=O) groups excluding carboxylic acids is 1. The van der Waals surface area contributed by atoms with Gasteiger partial charge in [0.2, 0.25) is 0 Å². The van der Waals surface area contributed by atoms with Crippen LogP contribution in [0.2, 0.25) is 0 Å². The van der Waals surface area contributed by atoms with Gasteiger partial charge < -0.3 is 15.1 Å². The first-order chi connectivity index (χ1) is 11.7. The van der Waals surface area contributed by atoms with E-state index >= 15 is 0 Å². The molecule has 0 aliphatic carbocycles. The van der Waals surface area contributed by atoms with Crippen LogP contribution in [-0.2, 0) is 0 Å². The third kappa shape index (κ3) is 3.67. The Balaban J connectivity index is 1.64. The standard InChI is InChI=1S/C17H18N6O/c1-22-8-10-23(11-9-22)16-7-6-15(20-21-16)17(24)19-14-4-2-13(12-18)3-5-14/h2-7H,8-11H2,1H3,(H,19,24). The van der Waals surface area contributed by atoms with E-state index in [0.717, 1.165) is 32.0 Å². The molecule has 1 amide bonds. The second kappa shape index (κ2) is 7.06. The van der Waals surface area contributed by atoms with E-state index in [-0.39, 0.29) is 11.6 Å². The molecule has 0 unspecified atom stereocenters. The van der Waals surface area contributed by atoms with Crippen molar-refractivity contribution in [3.05, 3.63) is 47.7 Å². The third-order valence-corrected chi connectivity index (χ3v) is 3.98. The van der Waals surface area contributed by atoms with Gasteiger partial charge in [0.05, 0.1) is 11.6 Å². The normalized spacial score (nSPS) is 14.9. The first kappa shape index (κ1) is 15.9. The first-order valence-electron chi connectivity index (χ1n) is 7.74. The van der Waals surface area contributed by atoms with E-state index in [4.69, 9.17) is 5.26 Å². The lowest BCUT2D eigenvalue weighted by Gasteiger charge is -2.32. The fourth-order valence-electron chi connectivity index (χ4n) is 2.47. The van der Waals surface area contributed by atoms with Gasteiger partial charge in [0.1, 0.15) is 0 Å². The molecule has 1 fully saturated rings. The quantitative estimate of drug-likeness (QED) is 0.918. The smallest absolute Gasteiger partial charge is 0.276 e. The van der Waals surface area contributed by atoms with Crippen molar-refractivity contribution >= 4 is 17.4 Å². The fourth-order valence-corrected chi connectivity index (χ4v) is 2.47. The minimum Gasteiger partial charge on any atom is -0.353 e. The summed E-state index contributed by atoms with van der Waals surface area (Å²) in [6.07, 6.45) is 0. The number of rotatable bonds is 3. The molecule has 1 aliphatic heterocycles. The van der Waals surface area contributed by atoms with Crippen LogP contribution >= 0.6 is 0 Å². The second-order valence-corrected chi connectivity index (χ2v) is 5.71. The highest BCUT2D eigenvalue weighted by Crippen LogP contribution is 2.14. The zero-order chi connectivity index (χ0) is 16.9. The van der Waals surface area contributed by atoms with E-state index in [1.807, 2.05) is 12.1 Å². The third-order valence-electron chi connectivity index (χ3n) is 3.98. The molecule has 1 aromatic heterocycles. The first-order valence-corrected chi connectivity index (χ1v) is 7.74. The van der Waals surface area contributed by atoms with Gasteiger partial charge in [-0.05, 0) is 43.4 Å². The number of hydrogen-bond donors (Lipinski definition) is 1.